The van der Waals surface area contributed by atoms with Gasteiger partial charge in [0.1, 0.15) is 0 Å². The second-order valence-electron chi connectivity index (χ2n) is 3.93. The first-order valence-corrected chi connectivity index (χ1v) is 8.27. The van der Waals surface area contributed by atoms with Crippen LogP contribution in [0.2, 0.25) is 0 Å². The van der Waals surface area contributed by atoms with Crippen LogP contribution in [0.5, 0.6) is 0 Å². The van der Waals surface area contributed by atoms with Crippen molar-refractivity contribution in [1.29, 1.82) is 0 Å². The van der Waals surface area contributed by atoms with E-state index in [1.165, 1.54) is 4.31 Å². The van der Waals surface area contributed by atoms with Crippen molar-refractivity contribution in [3.05, 3.63) is 9.48 Å². The van der Waals surface area contributed by atoms with E-state index in [0.29, 0.717) is 18.7 Å². The quantitative estimate of drug-likeness (QED) is 0.901. The molecule has 1 fully saturated rings. The molecule has 1 N–H and O–H groups in total. The molecule has 1 aliphatic heterocycles. The number of aryl methyl sites for hydroxylation is 1. The van der Waals surface area contributed by atoms with Crippen molar-refractivity contribution in [3.8, 4) is 0 Å². The van der Waals surface area contributed by atoms with Crippen LogP contribution < -0.4 is 0 Å². The van der Waals surface area contributed by atoms with Crippen LogP contribution in [0.25, 0.3) is 0 Å². The Balaban J connectivity index is 2.36. The van der Waals surface area contributed by atoms with Crippen molar-refractivity contribution in [2.75, 3.05) is 13.2 Å². The number of thiazole rings is 1. The molecule has 0 unspecified atom stereocenters. The minimum Gasteiger partial charge on any atom is -0.395 e. The van der Waals surface area contributed by atoms with Crippen LogP contribution in [0.1, 0.15) is 18.5 Å². The minimum atomic E-state index is -3.55. The molecule has 0 aliphatic carbocycles. The van der Waals surface area contributed by atoms with Crippen LogP contribution in [0, 0.1) is 6.92 Å². The van der Waals surface area contributed by atoms with E-state index >= 15 is 0 Å². The second-order valence-corrected chi connectivity index (χ2v) is 8.31. The summed E-state index contributed by atoms with van der Waals surface area (Å²) in [6.45, 7) is 2.08. The van der Waals surface area contributed by atoms with Gasteiger partial charge in [-0.2, -0.15) is 4.31 Å². The standard InChI is InChI=1S/C9H13BrN2O3S2/c1-6-8(10)16-9(11-6)17(14,15)12-4-2-3-7(12)5-13/h7,13H,2-5H2,1H3/t7-/m1/s1. The van der Waals surface area contributed by atoms with E-state index in [1.807, 2.05) is 0 Å². The predicted octanol–water partition coefficient (Wildman–Crippen LogP) is 1.36. The van der Waals surface area contributed by atoms with E-state index in [-0.39, 0.29) is 17.0 Å². The lowest BCUT2D eigenvalue weighted by atomic mass is 10.2. The summed E-state index contributed by atoms with van der Waals surface area (Å²) >= 11 is 4.39. The Hall–Kier alpha value is -0.0200. The molecule has 1 saturated heterocycles. The molecular formula is C9H13BrN2O3S2. The van der Waals surface area contributed by atoms with E-state index in [9.17, 15) is 13.5 Å². The largest absolute Gasteiger partial charge is 0.395 e. The van der Waals surface area contributed by atoms with Gasteiger partial charge in [-0.1, -0.05) is 11.3 Å². The highest BCUT2D eigenvalue weighted by molar-refractivity contribution is 9.11. The number of hydrogen-bond acceptors (Lipinski definition) is 5. The van der Waals surface area contributed by atoms with Crippen LogP contribution in [0.4, 0.5) is 0 Å². The highest BCUT2D eigenvalue weighted by Gasteiger charge is 2.36. The van der Waals surface area contributed by atoms with Crippen molar-refractivity contribution in [2.45, 2.75) is 30.1 Å². The zero-order valence-corrected chi connectivity index (χ0v) is 12.5. The van der Waals surface area contributed by atoms with Crippen LogP contribution in [0.3, 0.4) is 0 Å². The lowest BCUT2D eigenvalue weighted by molar-refractivity contribution is 0.213. The Morgan fingerprint density at radius 3 is 2.88 bits per heavy atom. The van der Waals surface area contributed by atoms with Crippen molar-refractivity contribution >= 4 is 37.3 Å². The molecule has 8 heteroatoms. The van der Waals surface area contributed by atoms with Gasteiger partial charge in [0.15, 0.2) is 0 Å². The molecule has 1 aliphatic rings. The summed E-state index contributed by atoms with van der Waals surface area (Å²) in [5.41, 5.74) is 0.674. The zero-order chi connectivity index (χ0) is 12.6. The highest BCUT2D eigenvalue weighted by atomic mass is 79.9. The summed E-state index contributed by atoms with van der Waals surface area (Å²) in [5, 5.41) is 9.17. The third-order valence-electron chi connectivity index (χ3n) is 2.78. The van der Waals surface area contributed by atoms with Gasteiger partial charge in [-0.3, -0.25) is 0 Å². The van der Waals surface area contributed by atoms with Gasteiger partial charge in [0.05, 0.1) is 16.1 Å². The van der Waals surface area contributed by atoms with Crippen molar-refractivity contribution in [1.82, 2.24) is 9.29 Å². The normalized spacial score (nSPS) is 22.2. The Morgan fingerprint density at radius 1 is 1.65 bits per heavy atom. The highest BCUT2D eigenvalue weighted by Crippen LogP contribution is 2.32. The first-order valence-electron chi connectivity index (χ1n) is 5.22. The van der Waals surface area contributed by atoms with Gasteiger partial charge < -0.3 is 5.11 Å². The van der Waals surface area contributed by atoms with Gasteiger partial charge >= 0.3 is 0 Å². The fourth-order valence-electron chi connectivity index (χ4n) is 1.87. The number of hydrogen-bond donors (Lipinski definition) is 1. The molecule has 1 aromatic rings. The van der Waals surface area contributed by atoms with Gasteiger partial charge in [0, 0.05) is 12.6 Å². The van der Waals surface area contributed by atoms with E-state index in [2.05, 4.69) is 20.9 Å². The van der Waals surface area contributed by atoms with Gasteiger partial charge in [0.25, 0.3) is 10.0 Å². The van der Waals surface area contributed by atoms with E-state index in [0.717, 1.165) is 21.5 Å². The maximum Gasteiger partial charge on any atom is 0.270 e. The van der Waals surface area contributed by atoms with Crippen LogP contribution in [0.15, 0.2) is 8.13 Å². The molecule has 0 saturated carbocycles. The Bertz CT molecular complexity index is 495. The van der Waals surface area contributed by atoms with Crippen molar-refractivity contribution in [2.24, 2.45) is 0 Å². The van der Waals surface area contributed by atoms with Crippen LogP contribution >= 0.6 is 27.3 Å². The monoisotopic (exact) mass is 340 g/mol. The number of aliphatic hydroxyl groups is 1. The van der Waals surface area contributed by atoms with Crippen molar-refractivity contribution < 1.29 is 13.5 Å². The number of nitrogens with zero attached hydrogens (tertiary/aromatic N) is 2. The van der Waals surface area contributed by atoms with Gasteiger partial charge in [-0.15, -0.1) is 0 Å². The zero-order valence-electron chi connectivity index (χ0n) is 9.26. The van der Waals surface area contributed by atoms with Crippen LogP contribution in [-0.4, -0.2) is 42.0 Å². The Labute approximate surface area is 113 Å². The fraction of sp³-hybridized carbons (Fsp3) is 0.667. The third kappa shape index (κ3) is 2.41. The molecule has 5 nitrogen and oxygen atoms in total. The molecule has 1 atom stereocenters. The third-order valence-corrected chi connectivity index (χ3v) is 7.10. The number of aromatic nitrogens is 1. The molecule has 0 bridgehead atoms. The summed E-state index contributed by atoms with van der Waals surface area (Å²) in [6.07, 6.45) is 1.50. The lowest BCUT2D eigenvalue weighted by Crippen LogP contribution is -2.37. The average molecular weight is 341 g/mol. The molecule has 0 spiro atoms. The molecule has 2 rings (SSSR count). The second kappa shape index (κ2) is 4.93. The molecule has 0 aromatic carbocycles. The first kappa shape index (κ1) is 13.4. The maximum absolute atomic E-state index is 12.3. The average Bonchev–Trinajstić information content (AvgIpc) is 2.86. The Kier molecular flexibility index (Phi) is 3.89. The number of halogens is 1. The smallest absolute Gasteiger partial charge is 0.270 e. The number of aliphatic hydroxyl groups excluding tert-OH is 1. The van der Waals surface area contributed by atoms with E-state index in [4.69, 9.17) is 0 Å². The topological polar surface area (TPSA) is 70.5 Å². The molecule has 96 valence electrons. The fourth-order valence-corrected chi connectivity index (χ4v) is 5.62. The molecule has 1 aromatic heterocycles. The minimum absolute atomic E-state index is 0.0993. The summed E-state index contributed by atoms with van der Waals surface area (Å²) in [4.78, 5) is 4.06. The first-order chi connectivity index (χ1) is 7.96. The van der Waals surface area contributed by atoms with Crippen molar-refractivity contribution in [3.63, 3.8) is 0 Å². The summed E-state index contributed by atoms with van der Waals surface area (Å²) in [6, 6.07) is -0.303. The van der Waals surface area contributed by atoms with Gasteiger partial charge in [-0.25, -0.2) is 13.4 Å². The number of sulfonamides is 1. The van der Waals surface area contributed by atoms with E-state index in [1.54, 1.807) is 6.92 Å². The molecule has 0 amide bonds. The molecule has 2 heterocycles. The van der Waals surface area contributed by atoms with Crippen LogP contribution in [-0.2, 0) is 10.0 Å². The lowest BCUT2D eigenvalue weighted by Gasteiger charge is -2.20. The molecule has 0 radical (unpaired) electrons. The number of rotatable bonds is 3. The maximum atomic E-state index is 12.3. The van der Waals surface area contributed by atoms with E-state index < -0.39 is 10.0 Å². The Morgan fingerprint density at radius 2 is 2.35 bits per heavy atom. The summed E-state index contributed by atoms with van der Waals surface area (Å²) in [7, 11) is -3.55. The van der Waals surface area contributed by atoms with Gasteiger partial charge in [-0.05, 0) is 35.7 Å². The molecular weight excluding hydrogens is 328 g/mol. The summed E-state index contributed by atoms with van der Waals surface area (Å²) < 4.78 is 26.8. The molecule has 17 heavy (non-hydrogen) atoms. The predicted molar refractivity (Wildman–Crippen MR) is 68.6 cm³/mol. The summed E-state index contributed by atoms with van der Waals surface area (Å²) in [5.74, 6) is 0. The SMILES string of the molecule is Cc1nc(S(=O)(=O)N2CCC[C@@H]2CO)sc1Br. The van der Waals surface area contributed by atoms with Gasteiger partial charge in [0.2, 0.25) is 4.34 Å².